The number of nitrogens with zero attached hydrogens (tertiary/aromatic N) is 1. The maximum atomic E-state index is 12.2. The summed E-state index contributed by atoms with van der Waals surface area (Å²) in [5, 5.41) is 15.3. The molecular formula is C18H23N3O4. The molecule has 7 heteroatoms. The van der Waals surface area contributed by atoms with Crippen molar-refractivity contribution >= 4 is 11.8 Å². The van der Waals surface area contributed by atoms with Crippen LogP contribution in [0.3, 0.4) is 0 Å². The van der Waals surface area contributed by atoms with Gasteiger partial charge in [0.2, 0.25) is 5.91 Å². The molecule has 2 aliphatic rings. The highest BCUT2D eigenvalue weighted by atomic mass is 16.5. The van der Waals surface area contributed by atoms with E-state index in [2.05, 4.69) is 15.6 Å². The van der Waals surface area contributed by atoms with Crippen molar-refractivity contribution < 1.29 is 19.4 Å². The van der Waals surface area contributed by atoms with Crippen LogP contribution < -0.4 is 10.6 Å². The largest absolute Gasteiger partial charge is 0.394 e. The van der Waals surface area contributed by atoms with Gasteiger partial charge in [-0.3, -0.25) is 14.6 Å². The van der Waals surface area contributed by atoms with Gasteiger partial charge in [-0.2, -0.15) is 0 Å². The van der Waals surface area contributed by atoms with E-state index < -0.39 is 18.2 Å². The zero-order valence-electron chi connectivity index (χ0n) is 13.9. The van der Waals surface area contributed by atoms with Gasteiger partial charge in [0.05, 0.1) is 25.2 Å². The first kappa shape index (κ1) is 17.6. The van der Waals surface area contributed by atoms with Gasteiger partial charge in [0, 0.05) is 24.5 Å². The van der Waals surface area contributed by atoms with Crippen molar-refractivity contribution in [3.63, 3.8) is 0 Å². The Bertz CT molecular complexity index is 630. The number of nitrogens with one attached hydrogen (secondary N) is 2. The first-order valence-electron chi connectivity index (χ1n) is 8.58. The normalized spacial score (nSPS) is 25.4. The van der Waals surface area contributed by atoms with E-state index in [1.165, 1.54) is 12.8 Å². The van der Waals surface area contributed by atoms with Gasteiger partial charge in [-0.15, -0.1) is 0 Å². The molecule has 1 aliphatic heterocycles. The van der Waals surface area contributed by atoms with Crippen LogP contribution in [0.15, 0.2) is 36.7 Å². The monoisotopic (exact) mass is 345 g/mol. The van der Waals surface area contributed by atoms with Crippen molar-refractivity contribution in [1.29, 1.82) is 0 Å². The predicted octanol–water partition coefficient (Wildman–Crippen LogP) is 0.412. The lowest BCUT2D eigenvalue weighted by Gasteiger charge is -2.31. The van der Waals surface area contributed by atoms with Crippen LogP contribution in [-0.4, -0.2) is 53.3 Å². The molecule has 1 aromatic rings. The number of carbonyl (C=O) groups excluding carboxylic acids is 2. The maximum Gasteiger partial charge on any atom is 0.251 e. The van der Waals surface area contributed by atoms with Crippen LogP contribution in [0.1, 0.15) is 29.6 Å². The highest BCUT2D eigenvalue weighted by Crippen LogP contribution is 2.27. The SMILES string of the molecule is O=C(C[C@@H]1C=C[C@@H](NC(=O)c2ccncc2)[C@@H](CO)O1)NCC1CC1. The molecule has 1 aromatic heterocycles. The molecule has 3 N–H and O–H groups in total. The molecule has 0 bridgehead atoms. The second-order valence-electron chi connectivity index (χ2n) is 6.47. The smallest absolute Gasteiger partial charge is 0.251 e. The van der Waals surface area contributed by atoms with E-state index in [4.69, 9.17) is 4.74 Å². The number of amides is 2. The first-order chi connectivity index (χ1) is 12.2. The molecular weight excluding hydrogens is 322 g/mol. The topological polar surface area (TPSA) is 101 Å². The number of ether oxygens (including phenoxy) is 1. The van der Waals surface area contributed by atoms with Gasteiger partial charge in [0.1, 0.15) is 6.10 Å². The summed E-state index contributed by atoms with van der Waals surface area (Å²) in [7, 11) is 0. The number of aromatic nitrogens is 1. The van der Waals surface area contributed by atoms with Gasteiger partial charge in [0.15, 0.2) is 0 Å². The highest BCUT2D eigenvalue weighted by Gasteiger charge is 2.29. The van der Waals surface area contributed by atoms with Crippen molar-refractivity contribution in [3.8, 4) is 0 Å². The minimum absolute atomic E-state index is 0.0579. The van der Waals surface area contributed by atoms with Crippen LogP contribution >= 0.6 is 0 Å². The molecule has 2 heterocycles. The molecule has 0 unspecified atom stereocenters. The molecule has 3 atom stereocenters. The summed E-state index contributed by atoms with van der Waals surface area (Å²) in [6.45, 7) is 0.481. The second-order valence-corrected chi connectivity index (χ2v) is 6.47. The molecule has 1 saturated carbocycles. The zero-order valence-corrected chi connectivity index (χ0v) is 13.9. The number of pyridine rings is 1. The standard InChI is InChI=1S/C18H23N3O4/c22-11-16-15(21-18(24)13-5-7-19-8-6-13)4-3-14(25-16)9-17(23)20-10-12-1-2-12/h3-8,12,14-16,22H,1-2,9-11H2,(H,20,23)(H,21,24)/t14-,15+,16+/m0/s1. The van der Waals surface area contributed by atoms with Gasteiger partial charge < -0.3 is 20.5 Å². The second kappa shape index (κ2) is 8.22. The van der Waals surface area contributed by atoms with Crippen molar-refractivity contribution in [3.05, 3.63) is 42.2 Å². The minimum atomic E-state index is -0.586. The molecule has 0 spiro atoms. The van der Waals surface area contributed by atoms with Crippen LogP contribution in [0.2, 0.25) is 0 Å². The van der Waals surface area contributed by atoms with Crippen molar-refractivity contribution in [2.45, 2.75) is 37.5 Å². The number of hydrogen-bond donors (Lipinski definition) is 3. The van der Waals surface area contributed by atoms with Crippen LogP contribution in [0, 0.1) is 5.92 Å². The molecule has 134 valence electrons. The Kier molecular flexibility index (Phi) is 5.78. The summed E-state index contributed by atoms with van der Waals surface area (Å²) < 4.78 is 5.75. The fourth-order valence-corrected chi connectivity index (χ4v) is 2.71. The number of carbonyl (C=O) groups is 2. The van der Waals surface area contributed by atoms with Crippen LogP contribution in [-0.2, 0) is 9.53 Å². The van der Waals surface area contributed by atoms with E-state index in [0.717, 1.165) is 6.54 Å². The van der Waals surface area contributed by atoms with E-state index in [0.29, 0.717) is 11.5 Å². The van der Waals surface area contributed by atoms with Gasteiger partial charge in [-0.05, 0) is 30.9 Å². The lowest BCUT2D eigenvalue weighted by Crippen LogP contribution is -2.49. The van der Waals surface area contributed by atoms with Gasteiger partial charge in [-0.1, -0.05) is 12.2 Å². The van der Waals surface area contributed by atoms with E-state index in [1.807, 2.05) is 0 Å². The number of rotatable bonds is 7. The van der Waals surface area contributed by atoms with Crippen molar-refractivity contribution in [2.75, 3.05) is 13.2 Å². The molecule has 1 aliphatic carbocycles. The highest BCUT2D eigenvalue weighted by molar-refractivity contribution is 5.94. The lowest BCUT2D eigenvalue weighted by molar-refractivity contribution is -0.125. The number of aliphatic hydroxyl groups excluding tert-OH is 1. The first-order valence-corrected chi connectivity index (χ1v) is 8.58. The summed E-state index contributed by atoms with van der Waals surface area (Å²) in [6, 6.07) is 2.78. The van der Waals surface area contributed by atoms with E-state index in [-0.39, 0.29) is 24.8 Å². The van der Waals surface area contributed by atoms with Crippen molar-refractivity contribution in [2.24, 2.45) is 5.92 Å². The maximum absolute atomic E-state index is 12.2. The lowest BCUT2D eigenvalue weighted by atomic mass is 10.0. The van der Waals surface area contributed by atoms with Crippen LogP contribution in [0.5, 0.6) is 0 Å². The Morgan fingerprint density at radius 3 is 2.68 bits per heavy atom. The third-order valence-corrected chi connectivity index (χ3v) is 4.37. The molecule has 0 aromatic carbocycles. The molecule has 7 nitrogen and oxygen atoms in total. The number of hydrogen-bond acceptors (Lipinski definition) is 5. The minimum Gasteiger partial charge on any atom is -0.394 e. The van der Waals surface area contributed by atoms with E-state index in [1.54, 1.807) is 36.7 Å². The van der Waals surface area contributed by atoms with Crippen LogP contribution in [0.25, 0.3) is 0 Å². The Balaban J connectivity index is 1.53. The summed E-state index contributed by atoms with van der Waals surface area (Å²) >= 11 is 0. The fourth-order valence-electron chi connectivity index (χ4n) is 2.71. The van der Waals surface area contributed by atoms with E-state index >= 15 is 0 Å². The average molecular weight is 345 g/mol. The fraction of sp³-hybridized carbons (Fsp3) is 0.500. The van der Waals surface area contributed by atoms with E-state index in [9.17, 15) is 14.7 Å². The Hall–Kier alpha value is -2.25. The average Bonchev–Trinajstić information content (AvgIpc) is 3.46. The third-order valence-electron chi connectivity index (χ3n) is 4.37. The van der Waals surface area contributed by atoms with Crippen LogP contribution in [0.4, 0.5) is 0 Å². The third kappa shape index (κ3) is 5.11. The molecule has 0 radical (unpaired) electrons. The van der Waals surface area contributed by atoms with Gasteiger partial charge >= 0.3 is 0 Å². The summed E-state index contributed by atoms with van der Waals surface area (Å²) in [5.74, 6) is 0.307. The summed E-state index contributed by atoms with van der Waals surface area (Å²) in [6.07, 6.45) is 8.23. The summed E-state index contributed by atoms with van der Waals surface area (Å²) in [5.41, 5.74) is 0.488. The molecule has 2 amide bonds. The molecule has 3 rings (SSSR count). The zero-order chi connectivity index (χ0) is 17.6. The predicted molar refractivity (Wildman–Crippen MR) is 90.7 cm³/mol. The Morgan fingerprint density at radius 1 is 1.24 bits per heavy atom. The van der Waals surface area contributed by atoms with Crippen molar-refractivity contribution in [1.82, 2.24) is 15.6 Å². The molecule has 1 fully saturated rings. The summed E-state index contributed by atoms with van der Waals surface area (Å²) in [4.78, 5) is 28.0. The number of aliphatic hydroxyl groups is 1. The Labute approximate surface area is 146 Å². The molecule has 25 heavy (non-hydrogen) atoms. The van der Waals surface area contributed by atoms with Gasteiger partial charge in [0.25, 0.3) is 5.91 Å². The quantitative estimate of drug-likeness (QED) is 0.622. The Morgan fingerprint density at radius 2 is 2.00 bits per heavy atom. The van der Waals surface area contributed by atoms with Gasteiger partial charge in [-0.25, -0.2) is 0 Å². The molecule has 0 saturated heterocycles.